The van der Waals surface area contributed by atoms with Crippen molar-refractivity contribution in [3.8, 4) is 0 Å². The molecule has 1 fully saturated rings. The van der Waals surface area contributed by atoms with Gasteiger partial charge in [-0.1, -0.05) is 0 Å². The van der Waals surface area contributed by atoms with Crippen molar-refractivity contribution in [1.82, 2.24) is 10.2 Å². The van der Waals surface area contributed by atoms with Crippen LogP contribution in [0.1, 0.15) is 51.3 Å². The maximum absolute atomic E-state index is 14.5. The number of nitrogens with zero attached hydrogens (tertiary/aromatic N) is 2. The van der Waals surface area contributed by atoms with Crippen LogP contribution in [0.2, 0.25) is 0 Å². The van der Waals surface area contributed by atoms with Crippen LogP contribution in [0.4, 0.5) is 13.6 Å². The van der Waals surface area contributed by atoms with Crippen LogP contribution in [0.3, 0.4) is 0 Å². The van der Waals surface area contributed by atoms with E-state index < -0.39 is 30.0 Å². The average Bonchev–Trinajstić information content (AvgIpc) is 2.52. The molecule has 0 aliphatic carbocycles. The highest BCUT2D eigenvalue weighted by atomic mass is 19.3. The number of carbonyl (C=O) groups is 2. The molecule has 1 aliphatic rings. The van der Waals surface area contributed by atoms with Gasteiger partial charge in [-0.2, -0.15) is 4.73 Å². The summed E-state index contributed by atoms with van der Waals surface area (Å²) in [7, 11) is 0. The summed E-state index contributed by atoms with van der Waals surface area (Å²) in [6, 6.07) is 2.67. The van der Waals surface area contributed by atoms with Gasteiger partial charge in [-0.15, -0.1) is 0 Å². The SMILES string of the molecule is CC(=O)NCc1cc(C2CN(C(=O)OC(C)(C)C)CCC2(F)F)cc[n+]1[O-]. The van der Waals surface area contributed by atoms with Gasteiger partial charge in [-0.25, -0.2) is 13.6 Å². The highest BCUT2D eigenvalue weighted by molar-refractivity contribution is 5.72. The number of alkyl halides is 2. The predicted octanol–water partition coefficient (Wildman–Crippen LogP) is 2.32. The Labute approximate surface area is 156 Å². The van der Waals surface area contributed by atoms with Crippen molar-refractivity contribution < 1.29 is 27.8 Å². The number of pyridine rings is 1. The van der Waals surface area contributed by atoms with Gasteiger partial charge in [-0.05, 0) is 26.3 Å². The third-order valence-electron chi connectivity index (χ3n) is 4.22. The molecule has 9 heteroatoms. The number of ether oxygens (including phenoxy) is 1. The molecule has 0 aromatic carbocycles. The zero-order chi connectivity index (χ0) is 20.4. The van der Waals surface area contributed by atoms with E-state index in [1.165, 1.54) is 24.0 Å². The fourth-order valence-electron chi connectivity index (χ4n) is 2.86. The summed E-state index contributed by atoms with van der Waals surface area (Å²) in [6.07, 6.45) is -0.00424. The van der Waals surface area contributed by atoms with Crippen molar-refractivity contribution in [3.05, 3.63) is 34.8 Å². The molecule has 0 radical (unpaired) electrons. The van der Waals surface area contributed by atoms with E-state index in [9.17, 15) is 23.6 Å². The van der Waals surface area contributed by atoms with Crippen molar-refractivity contribution in [3.63, 3.8) is 0 Å². The molecule has 0 saturated carbocycles. The summed E-state index contributed by atoms with van der Waals surface area (Å²) in [5.41, 5.74) is -0.340. The van der Waals surface area contributed by atoms with Crippen LogP contribution in [0.25, 0.3) is 0 Å². The predicted molar refractivity (Wildman–Crippen MR) is 93.0 cm³/mol. The van der Waals surface area contributed by atoms with Gasteiger partial charge >= 0.3 is 6.09 Å². The number of amides is 2. The molecule has 7 nitrogen and oxygen atoms in total. The van der Waals surface area contributed by atoms with Gasteiger partial charge in [0.2, 0.25) is 11.6 Å². The lowest BCUT2D eigenvalue weighted by atomic mass is 9.87. The van der Waals surface area contributed by atoms with Crippen LogP contribution < -0.4 is 10.0 Å². The molecule has 1 aromatic rings. The van der Waals surface area contributed by atoms with Crippen molar-refractivity contribution in [2.75, 3.05) is 13.1 Å². The first-order chi connectivity index (χ1) is 12.4. The summed E-state index contributed by atoms with van der Waals surface area (Å²) in [5.74, 6) is -4.63. The number of rotatable bonds is 3. The van der Waals surface area contributed by atoms with Gasteiger partial charge in [0.1, 0.15) is 12.1 Å². The Balaban J connectivity index is 2.24. The van der Waals surface area contributed by atoms with E-state index in [2.05, 4.69) is 5.32 Å². The minimum atomic E-state index is -3.03. The van der Waals surface area contributed by atoms with Crippen molar-refractivity contribution >= 4 is 12.0 Å². The molecule has 2 rings (SSSR count). The number of carbonyl (C=O) groups excluding carboxylic acids is 2. The second-order valence-electron chi connectivity index (χ2n) is 7.68. The minimum absolute atomic E-state index is 0.0687. The molecule has 2 amide bonds. The summed E-state index contributed by atoms with van der Waals surface area (Å²) < 4.78 is 34.9. The van der Waals surface area contributed by atoms with Gasteiger partial charge in [0.15, 0.2) is 6.20 Å². The van der Waals surface area contributed by atoms with E-state index in [-0.39, 0.29) is 36.8 Å². The molecule has 1 N–H and O–H groups in total. The molecular formula is C18H25F2N3O4. The largest absolute Gasteiger partial charge is 0.618 e. The number of likely N-dealkylation sites (tertiary alicyclic amines) is 1. The zero-order valence-corrected chi connectivity index (χ0v) is 15.9. The first-order valence-corrected chi connectivity index (χ1v) is 8.71. The second kappa shape index (κ2) is 7.66. The maximum atomic E-state index is 14.5. The average molecular weight is 385 g/mol. The molecular weight excluding hydrogens is 360 g/mol. The van der Waals surface area contributed by atoms with Crippen molar-refractivity contribution in [2.24, 2.45) is 0 Å². The Kier molecular flexibility index (Phi) is 5.91. The smallest absolute Gasteiger partial charge is 0.410 e. The van der Waals surface area contributed by atoms with Gasteiger partial charge in [0, 0.05) is 38.6 Å². The van der Waals surface area contributed by atoms with Crippen LogP contribution in [-0.2, 0) is 16.1 Å². The lowest BCUT2D eigenvalue weighted by molar-refractivity contribution is -0.614. The van der Waals surface area contributed by atoms with Crippen LogP contribution in [0, 0.1) is 5.21 Å². The fourth-order valence-corrected chi connectivity index (χ4v) is 2.86. The molecule has 1 unspecified atom stereocenters. The van der Waals surface area contributed by atoms with Crippen LogP contribution in [0.15, 0.2) is 18.3 Å². The normalized spacial score (nSPS) is 19.5. The topological polar surface area (TPSA) is 85.6 Å². The molecule has 2 heterocycles. The maximum Gasteiger partial charge on any atom is 0.410 e. The summed E-state index contributed by atoms with van der Waals surface area (Å²) >= 11 is 0. The van der Waals surface area contributed by atoms with E-state index in [4.69, 9.17) is 4.74 Å². The number of piperidine rings is 1. The number of aromatic nitrogens is 1. The van der Waals surface area contributed by atoms with E-state index in [1.54, 1.807) is 20.8 Å². The van der Waals surface area contributed by atoms with Crippen LogP contribution in [-0.4, -0.2) is 41.5 Å². The van der Waals surface area contributed by atoms with Crippen molar-refractivity contribution in [1.29, 1.82) is 0 Å². The quantitative estimate of drug-likeness (QED) is 0.639. The van der Waals surface area contributed by atoms with E-state index in [0.717, 1.165) is 6.20 Å². The minimum Gasteiger partial charge on any atom is -0.618 e. The third-order valence-corrected chi connectivity index (χ3v) is 4.22. The van der Waals surface area contributed by atoms with Crippen LogP contribution >= 0.6 is 0 Å². The van der Waals surface area contributed by atoms with Gasteiger partial charge in [0.25, 0.3) is 5.92 Å². The highest BCUT2D eigenvalue weighted by Gasteiger charge is 2.47. The molecule has 1 atom stereocenters. The summed E-state index contributed by atoms with van der Waals surface area (Å²) in [4.78, 5) is 24.6. The summed E-state index contributed by atoms with van der Waals surface area (Å²) in [6.45, 7) is 6.03. The van der Waals surface area contributed by atoms with E-state index in [1.807, 2.05) is 0 Å². The van der Waals surface area contributed by atoms with Crippen LogP contribution in [0.5, 0.6) is 0 Å². The zero-order valence-electron chi connectivity index (χ0n) is 15.9. The lowest BCUT2D eigenvalue weighted by Gasteiger charge is -2.39. The van der Waals surface area contributed by atoms with Gasteiger partial charge in [0.05, 0.1) is 5.92 Å². The Bertz CT molecular complexity index is 719. The number of hydrogen-bond donors (Lipinski definition) is 1. The van der Waals surface area contributed by atoms with E-state index >= 15 is 0 Å². The lowest BCUT2D eigenvalue weighted by Crippen LogP contribution is -2.49. The Hall–Kier alpha value is -2.45. The molecule has 1 saturated heterocycles. The first-order valence-electron chi connectivity index (χ1n) is 8.71. The number of halogens is 2. The van der Waals surface area contributed by atoms with Gasteiger partial charge in [-0.3, -0.25) is 4.79 Å². The third kappa shape index (κ3) is 5.51. The highest BCUT2D eigenvalue weighted by Crippen LogP contribution is 2.40. The van der Waals surface area contributed by atoms with Gasteiger partial charge < -0.3 is 20.2 Å². The summed E-state index contributed by atoms with van der Waals surface area (Å²) in [5, 5.41) is 14.3. The Morgan fingerprint density at radius 3 is 2.70 bits per heavy atom. The Morgan fingerprint density at radius 2 is 2.11 bits per heavy atom. The molecule has 0 spiro atoms. The molecule has 1 aromatic heterocycles. The Morgan fingerprint density at radius 1 is 1.44 bits per heavy atom. The second-order valence-corrected chi connectivity index (χ2v) is 7.68. The fraction of sp³-hybridized carbons (Fsp3) is 0.611. The molecule has 150 valence electrons. The van der Waals surface area contributed by atoms with Crippen molar-refractivity contribution in [2.45, 2.75) is 58.1 Å². The molecule has 1 aliphatic heterocycles. The number of nitrogens with one attached hydrogen (secondary N) is 1. The molecule has 27 heavy (non-hydrogen) atoms. The van der Waals surface area contributed by atoms with E-state index in [0.29, 0.717) is 4.73 Å². The monoisotopic (exact) mass is 385 g/mol. The first kappa shape index (κ1) is 20.9. The number of hydrogen-bond acceptors (Lipinski definition) is 4. The molecule has 0 bridgehead atoms. The standard InChI is InChI=1S/C18H25F2N3O4/c1-12(24)21-10-14-9-13(5-7-23(14)26)15-11-22(8-6-18(15,19)20)16(25)27-17(2,3)4/h5,7,9,15H,6,8,10-11H2,1-4H3,(H,21,24).